The Morgan fingerprint density at radius 2 is 1.79 bits per heavy atom. The number of carbonyl (C=O) groups excluding carboxylic acids is 1. The monoisotopic (exact) mass is 351 g/mol. The SMILES string of the molecule is CS(=O)(=O)NCc1ccc(NC(=O)CC2CC3CCC(C2)N3)cc1. The third kappa shape index (κ3) is 5.03. The lowest BCUT2D eigenvalue weighted by molar-refractivity contribution is -0.117. The standard InChI is InChI=1S/C17H25N3O3S/c1-24(22,23)18-11-12-2-4-14(5-3-12)20-17(21)10-13-8-15-6-7-16(9-13)19-15/h2-5,13,15-16,18-19H,6-11H2,1H3,(H,20,21). The first-order valence-corrected chi connectivity index (χ1v) is 10.4. The molecule has 7 heteroatoms. The van der Waals surface area contributed by atoms with Crippen molar-refractivity contribution in [2.24, 2.45) is 5.92 Å². The molecule has 0 saturated carbocycles. The molecule has 3 N–H and O–H groups in total. The van der Waals surface area contributed by atoms with Crippen molar-refractivity contribution in [3.05, 3.63) is 29.8 Å². The van der Waals surface area contributed by atoms with Gasteiger partial charge in [-0.2, -0.15) is 0 Å². The van der Waals surface area contributed by atoms with Gasteiger partial charge < -0.3 is 10.6 Å². The Morgan fingerprint density at radius 3 is 2.38 bits per heavy atom. The van der Waals surface area contributed by atoms with E-state index in [1.54, 1.807) is 0 Å². The first kappa shape index (κ1) is 17.4. The Labute approximate surface area is 143 Å². The zero-order valence-electron chi connectivity index (χ0n) is 13.9. The maximum atomic E-state index is 12.2. The van der Waals surface area contributed by atoms with Gasteiger partial charge in [0.25, 0.3) is 0 Å². The van der Waals surface area contributed by atoms with Crippen LogP contribution in [-0.4, -0.2) is 32.7 Å². The number of nitrogens with one attached hydrogen (secondary N) is 3. The molecule has 2 heterocycles. The second-order valence-electron chi connectivity index (χ2n) is 7.02. The van der Waals surface area contributed by atoms with E-state index in [0.717, 1.165) is 30.3 Å². The smallest absolute Gasteiger partial charge is 0.224 e. The van der Waals surface area contributed by atoms with Crippen LogP contribution in [0.25, 0.3) is 0 Å². The molecule has 2 fully saturated rings. The van der Waals surface area contributed by atoms with Crippen LogP contribution < -0.4 is 15.4 Å². The van der Waals surface area contributed by atoms with Gasteiger partial charge in [-0.15, -0.1) is 0 Å². The Bertz CT molecular complexity index is 676. The summed E-state index contributed by atoms with van der Waals surface area (Å²) in [6.07, 6.45) is 6.39. The van der Waals surface area contributed by atoms with Crippen LogP contribution in [0.2, 0.25) is 0 Å². The molecule has 2 unspecified atom stereocenters. The molecular weight excluding hydrogens is 326 g/mol. The molecule has 2 saturated heterocycles. The van der Waals surface area contributed by atoms with Crippen LogP contribution in [-0.2, 0) is 21.4 Å². The van der Waals surface area contributed by atoms with Crippen molar-refractivity contribution in [3.8, 4) is 0 Å². The number of rotatable bonds is 6. The number of hydrogen-bond acceptors (Lipinski definition) is 4. The fourth-order valence-electron chi connectivity index (χ4n) is 3.74. The van der Waals surface area contributed by atoms with Gasteiger partial charge in [-0.1, -0.05) is 12.1 Å². The average Bonchev–Trinajstić information content (AvgIpc) is 2.84. The lowest BCUT2D eigenvalue weighted by Gasteiger charge is -2.28. The highest BCUT2D eigenvalue weighted by atomic mass is 32.2. The molecule has 2 aliphatic heterocycles. The number of carbonyl (C=O) groups is 1. The number of piperidine rings is 1. The number of hydrogen-bond donors (Lipinski definition) is 3. The molecule has 2 atom stereocenters. The van der Waals surface area contributed by atoms with E-state index in [-0.39, 0.29) is 12.5 Å². The topological polar surface area (TPSA) is 87.3 Å². The number of anilines is 1. The predicted molar refractivity (Wildman–Crippen MR) is 94.0 cm³/mol. The molecule has 2 aliphatic rings. The van der Waals surface area contributed by atoms with Crippen molar-refractivity contribution in [2.45, 2.75) is 50.7 Å². The quantitative estimate of drug-likeness (QED) is 0.726. The van der Waals surface area contributed by atoms with Gasteiger partial charge in [0.2, 0.25) is 15.9 Å². The Balaban J connectivity index is 1.47. The van der Waals surface area contributed by atoms with Crippen molar-refractivity contribution < 1.29 is 13.2 Å². The van der Waals surface area contributed by atoms with Crippen LogP contribution in [0.1, 0.15) is 37.7 Å². The summed E-state index contributed by atoms with van der Waals surface area (Å²) in [5.74, 6) is 0.533. The van der Waals surface area contributed by atoms with Crippen molar-refractivity contribution in [1.29, 1.82) is 0 Å². The molecule has 1 amide bonds. The maximum absolute atomic E-state index is 12.2. The Hall–Kier alpha value is -1.44. The van der Waals surface area contributed by atoms with Crippen LogP contribution in [0.5, 0.6) is 0 Å². The molecule has 6 nitrogen and oxygen atoms in total. The highest BCUT2D eigenvalue weighted by Crippen LogP contribution is 2.32. The Kier molecular flexibility index (Phi) is 5.22. The molecule has 0 radical (unpaired) electrons. The summed E-state index contributed by atoms with van der Waals surface area (Å²) in [5.41, 5.74) is 1.60. The van der Waals surface area contributed by atoms with E-state index in [2.05, 4.69) is 15.4 Å². The second-order valence-corrected chi connectivity index (χ2v) is 8.85. The lowest BCUT2D eigenvalue weighted by Crippen LogP contribution is -2.39. The highest BCUT2D eigenvalue weighted by Gasteiger charge is 2.34. The molecule has 2 bridgehead atoms. The minimum atomic E-state index is -3.20. The molecule has 1 aromatic carbocycles. The van der Waals surface area contributed by atoms with Crippen LogP contribution in [0.3, 0.4) is 0 Å². The van der Waals surface area contributed by atoms with E-state index in [4.69, 9.17) is 0 Å². The van der Waals surface area contributed by atoms with Gasteiger partial charge in [-0.25, -0.2) is 13.1 Å². The zero-order valence-corrected chi connectivity index (χ0v) is 14.7. The minimum absolute atomic E-state index is 0.0586. The minimum Gasteiger partial charge on any atom is -0.326 e. The van der Waals surface area contributed by atoms with Gasteiger partial charge in [-0.3, -0.25) is 4.79 Å². The highest BCUT2D eigenvalue weighted by molar-refractivity contribution is 7.88. The summed E-state index contributed by atoms with van der Waals surface area (Å²) in [4.78, 5) is 12.2. The zero-order chi connectivity index (χ0) is 17.2. The van der Waals surface area contributed by atoms with Crippen molar-refractivity contribution in [1.82, 2.24) is 10.0 Å². The normalized spacial score (nSPS) is 26.3. The lowest BCUT2D eigenvalue weighted by atomic mass is 9.89. The molecule has 24 heavy (non-hydrogen) atoms. The number of sulfonamides is 1. The van der Waals surface area contributed by atoms with Crippen molar-refractivity contribution in [3.63, 3.8) is 0 Å². The number of benzene rings is 1. The number of amides is 1. The third-order valence-corrected chi connectivity index (χ3v) is 5.49. The summed E-state index contributed by atoms with van der Waals surface area (Å²) in [6.45, 7) is 0.255. The van der Waals surface area contributed by atoms with Crippen LogP contribution in [0, 0.1) is 5.92 Å². The summed E-state index contributed by atoms with van der Waals surface area (Å²) >= 11 is 0. The fourth-order valence-corrected chi connectivity index (χ4v) is 4.17. The predicted octanol–water partition coefficient (Wildman–Crippen LogP) is 1.59. The molecule has 1 aromatic rings. The van der Waals surface area contributed by atoms with Gasteiger partial charge in [-0.05, 0) is 49.3 Å². The second kappa shape index (κ2) is 7.21. The van der Waals surface area contributed by atoms with E-state index in [1.807, 2.05) is 24.3 Å². The van der Waals surface area contributed by atoms with E-state index in [1.165, 1.54) is 12.8 Å². The van der Waals surface area contributed by atoms with Crippen LogP contribution in [0.4, 0.5) is 5.69 Å². The van der Waals surface area contributed by atoms with E-state index >= 15 is 0 Å². The molecule has 0 aromatic heterocycles. The van der Waals surface area contributed by atoms with Crippen LogP contribution in [0.15, 0.2) is 24.3 Å². The van der Waals surface area contributed by atoms with Crippen LogP contribution >= 0.6 is 0 Å². The van der Waals surface area contributed by atoms with E-state index in [0.29, 0.717) is 24.4 Å². The van der Waals surface area contributed by atoms with Gasteiger partial charge in [0.05, 0.1) is 6.26 Å². The first-order valence-electron chi connectivity index (χ1n) is 8.47. The summed E-state index contributed by atoms with van der Waals surface area (Å²) < 4.78 is 24.6. The van der Waals surface area contributed by atoms with E-state index in [9.17, 15) is 13.2 Å². The average molecular weight is 351 g/mol. The van der Waals surface area contributed by atoms with Gasteiger partial charge in [0.15, 0.2) is 0 Å². The fraction of sp³-hybridized carbons (Fsp3) is 0.588. The van der Waals surface area contributed by atoms with E-state index < -0.39 is 10.0 Å². The molecular formula is C17H25N3O3S. The van der Waals surface area contributed by atoms with Gasteiger partial charge in [0.1, 0.15) is 0 Å². The number of fused-ring (bicyclic) bond motifs is 2. The summed E-state index contributed by atoms with van der Waals surface area (Å²) in [5, 5.41) is 6.53. The molecule has 0 aliphatic carbocycles. The molecule has 0 spiro atoms. The Morgan fingerprint density at radius 1 is 1.17 bits per heavy atom. The maximum Gasteiger partial charge on any atom is 0.224 e. The van der Waals surface area contributed by atoms with Crippen molar-refractivity contribution >= 4 is 21.6 Å². The van der Waals surface area contributed by atoms with Gasteiger partial charge in [0, 0.05) is 30.7 Å². The third-order valence-electron chi connectivity index (χ3n) is 4.82. The molecule has 132 valence electrons. The van der Waals surface area contributed by atoms with Gasteiger partial charge >= 0.3 is 0 Å². The summed E-state index contributed by atoms with van der Waals surface area (Å²) in [7, 11) is -3.20. The first-order chi connectivity index (χ1) is 11.4. The molecule has 3 rings (SSSR count). The van der Waals surface area contributed by atoms with Crippen molar-refractivity contribution in [2.75, 3.05) is 11.6 Å². The largest absolute Gasteiger partial charge is 0.326 e. The summed E-state index contributed by atoms with van der Waals surface area (Å²) in [6, 6.07) is 8.45.